The van der Waals surface area contributed by atoms with E-state index in [-0.39, 0.29) is 30.8 Å². The molecular weight excluding hydrogens is 570 g/mol. The van der Waals surface area contributed by atoms with E-state index in [9.17, 15) is 18.0 Å². The van der Waals surface area contributed by atoms with E-state index in [1.54, 1.807) is 17.0 Å². The summed E-state index contributed by atoms with van der Waals surface area (Å²) in [5.41, 5.74) is 2.57. The molecular formula is C36H39N3O4S. The van der Waals surface area contributed by atoms with E-state index >= 15 is 0 Å². The fourth-order valence-corrected chi connectivity index (χ4v) is 8.34. The highest BCUT2D eigenvalue weighted by Gasteiger charge is 2.36. The second kappa shape index (κ2) is 13.2. The van der Waals surface area contributed by atoms with Gasteiger partial charge in [0.2, 0.25) is 11.8 Å². The lowest BCUT2D eigenvalue weighted by Gasteiger charge is -2.33. The minimum absolute atomic E-state index is 0.118. The second-order valence-electron chi connectivity index (χ2n) is 11.9. The summed E-state index contributed by atoms with van der Waals surface area (Å²) in [6.07, 6.45) is 6.13. The number of benzene rings is 4. The lowest BCUT2D eigenvalue weighted by atomic mass is 9.94. The van der Waals surface area contributed by atoms with Crippen LogP contribution in [0.25, 0.3) is 10.8 Å². The van der Waals surface area contributed by atoms with Gasteiger partial charge in [-0.3, -0.25) is 13.9 Å². The van der Waals surface area contributed by atoms with Crippen molar-refractivity contribution in [3.8, 4) is 0 Å². The maximum absolute atomic E-state index is 14.1. The Morgan fingerprint density at radius 2 is 1.48 bits per heavy atom. The zero-order valence-corrected chi connectivity index (χ0v) is 25.7. The van der Waals surface area contributed by atoms with Crippen LogP contribution in [0.1, 0.15) is 56.1 Å². The Kier molecular flexibility index (Phi) is 8.98. The molecule has 4 aromatic carbocycles. The normalized spacial score (nSPS) is 16.5. The lowest BCUT2D eigenvalue weighted by Crippen LogP contribution is -2.52. The molecule has 6 rings (SSSR count). The highest BCUT2D eigenvalue weighted by Crippen LogP contribution is 2.42. The monoisotopic (exact) mass is 609 g/mol. The quantitative estimate of drug-likeness (QED) is 0.219. The Balaban J connectivity index is 1.24. The van der Waals surface area contributed by atoms with Gasteiger partial charge < -0.3 is 10.2 Å². The van der Waals surface area contributed by atoms with Crippen molar-refractivity contribution in [3.63, 3.8) is 0 Å². The van der Waals surface area contributed by atoms with Gasteiger partial charge in [-0.15, -0.1) is 0 Å². The molecule has 8 heteroatoms. The van der Waals surface area contributed by atoms with Crippen molar-refractivity contribution in [1.29, 1.82) is 0 Å². The first-order chi connectivity index (χ1) is 21.4. The van der Waals surface area contributed by atoms with E-state index in [2.05, 4.69) is 5.32 Å². The average molecular weight is 610 g/mol. The van der Waals surface area contributed by atoms with Gasteiger partial charge in [0.1, 0.15) is 6.04 Å². The maximum atomic E-state index is 14.1. The van der Waals surface area contributed by atoms with Crippen LogP contribution in [0.2, 0.25) is 0 Å². The second-order valence-corrected chi connectivity index (χ2v) is 13.7. The Bertz CT molecular complexity index is 1720. The largest absolute Gasteiger partial charge is 0.352 e. The molecule has 1 aliphatic heterocycles. The number of anilines is 1. The first-order valence-corrected chi connectivity index (χ1v) is 17.1. The van der Waals surface area contributed by atoms with E-state index in [1.807, 2.05) is 84.9 Å². The number of nitrogens with zero attached hydrogens (tertiary/aromatic N) is 2. The Hall–Kier alpha value is -4.17. The van der Waals surface area contributed by atoms with E-state index < -0.39 is 16.1 Å². The minimum Gasteiger partial charge on any atom is -0.352 e. The van der Waals surface area contributed by atoms with Crippen molar-refractivity contribution in [2.24, 2.45) is 0 Å². The molecule has 4 aromatic rings. The number of sulfonamides is 1. The molecule has 0 saturated heterocycles. The number of amides is 2. The predicted octanol–water partition coefficient (Wildman–Crippen LogP) is 6.22. The smallest absolute Gasteiger partial charge is 0.265 e. The molecule has 1 aliphatic carbocycles. The van der Waals surface area contributed by atoms with Gasteiger partial charge >= 0.3 is 0 Å². The zero-order chi connectivity index (χ0) is 30.5. The molecule has 1 heterocycles. The molecule has 2 aliphatic rings. The number of carbonyl (C=O) groups is 2. The zero-order valence-electron chi connectivity index (χ0n) is 24.9. The molecule has 1 atom stereocenters. The van der Waals surface area contributed by atoms with Gasteiger partial charge in [-0.25, -0.2) is 8.42 Å². The number of carbonyl (C=O) groups excluding carboxylic acids is 2. The Morgan fingerprint density at radius 3 is 2.18 bits per heavy atom. The first-order valence-electron chi connectivity index (χ1n) is 15.6. The molecule has 1 fully saturated rings. The standard InChI is InChI=1S/C36H39N3O4S/c40-34(23-12-24-39-31-21-10-17-29-18-11-22-33(35(29)31)44(39,42)43)38(26-28-15-6-2-7-16-28)32(25-27-13-4-1-5-14-27)36(41)37-30-19-8-3-9-20-30/h1-2,4-7,10-11,13-18,21-22,30,32H,3,8-9,12,19-20,23-26H2,(H,37,41)/t32-/m1/s1. The lowest BCUT2D eigenvalue weighted by molar-refractivity contribution is -0.141. The summed E-state index contributed by atoms with van der Waals surface area (Å²) in [6.45, 7) is 0.473. The van der Waals surface area contributed by atoms with Gasteiger partial charge in [-0.05, 0) is 47.9 Å². The highest BCUT2D eigenvalue weighted by atomic mass is 32.2. The number of hydrogen-bond donors (Lipinski definition) is 1. The van der Waals surface area contributed by atoms with Crippen LogP contribution in [-0.4, -0.2) is 43.8 Å². The Labute approximate surface area is 259 Å². The topological polar surface area (TPSA) is 86.8 Å². The molecule has 1 saturated carbocycles. The predicted molar refractivity (Wildman–Crippen MR) is 174 cm³/mol. The molecule has 0 aromatic heterocycles. The molecule has 228 valence electrons. The molecule has 7 nitrogen and oxygen atoms in total. The summed E-state index contributed by atoms with van der Waals surface area (Å²) < 4.78 is 28.4. The first kappa shape index (κ1) is 29.9. The SMILES string of the molecule is O=C(NC1CCCCC1)[C@@H](Cc1ccccc1)N(Cc1ccccc1)C(=O)CCCN1c2cccc3cccc(c23)S1(=O)=O. The van der Waals surface area contributed by atoms with E-state index in [0.717, 1.165) is 47.6 Å². The van der Waals surface area contributed by atoms with Gasteiger partial charge in [0.15, 0.2) is 0 Å². The van der Waals surface area contributed by atoms with Crippen molar-refractivity contribution in [2.45, 2.75) is 74.9 Å². The molecule has 44 heavy (non-hydrogen) atoms. The number of nitrogens with one attached hydrogen (secondary N) is 1. The van der Waals surface area contributed by atoms with Crippen molar-refractivity contribution < 1.29 is 18.0 Å². The van der Waals surface area contributed by atoms with Crippen LogP contribution in [0.15, 0.2) is 102 Å². The van der Waals surface area contributed by atoms with Gasteiger partial charge in [0.25, 0.3) is 10.0 Å². The van der Waals surface area contributed by atoms with Crippen molar-refractivity contribution >= 4 is 38.3 Å². The fourth-order valence-electron chi connectivity index (χ4n) is 6.59. The van der Waals surface area contributed by atoms with Gasteiger partial charge in [0, 0.05) is 37.4 Å². The number of hydrogen-bond acceptors (Lipinski definition) is 4. The summed E-state index contributed by atoms with van der Waals surface area (Å²) in [5.74, 6) is -0.296. The van der Waals surface area contributed by atoms with Gasteiger partial charge in [0.05, 0.1) is 10.6 Å². The van der Waals surface area contributed by atoms with E-state index in [4.69, 9.17) is 0 Å². The summed E-state index contributed by atoms with van der Waals surface area (Å²) >= 11 is 0. The summed E-state index contributed by atoms with van der Waals surface area (Å²) in [5, 5.41) is 4.88. The van der Waals surface area contributed by atoms with Crippen LogP contribution in [0, 0.1) is 0 Å². The third-order valence-corrected chi connectivity index (χ3v) is 10.7. The highest BCUT2D eigenvalue weighted by molar-refractivity contribution is 7.93. The third kappa shape index (κ3) is 6.36. The van der Waals surface area contributed by atoms with Gasteiger partial charge in [-0.2, -0.15) is 0 Å². The van der Waals surface area contributed by atoms with Crippen LogP contribution in [0.5, 0.6) is 0 Å². The average Bonchev–Trinajstić information content (AvgIpc) is 3.27. The van der Waals surface area contributed by atoms with Crippen molar-refractivity contribution in [3.05, 3.63) is 108 Å². The third-order valence-electron chi connectivity index (χ3n) is 8.85. The maximum Gasteiger partial charge on any atom is 0.265 e. The Morgan fingerprint density at radius 1 is 0.818 bits per heavy atom. The van der Waals surface area contributed by atoms with Crippen LogP contribution in [-0.2, 0) is 32.6 Å². The summed E-state index contributed by atoms with van der Waals surface area (Å²) in [4.78, 5) is 30.1. The minimum atomic E-state index is -3.71. The molecule has 0 bridgehead atoms. The van der Waals surface area contributed by atoms with Crippen molar-refractivity contribution in [2.75, 3.05) is 10.8 Å². The molecule has 2 amide bonds. The van der Waals surface area contributed by atoms with Crippen molar-refractivity contribution in [1.82, 2.24) is 10.2 Å². The molecule has 0 unspecified atom stereocenters. The number of rotatable bonds is 11. The summed E-state index contributed by atoms with van der Waals surface area (Å²) in [6, 6.07) is 29.9. The van der Waals surface area contributed by atoms with Crippen LogP contribution in [0.4, 0.5) is 5.69 Å². The van der Waals surface area contributed by atoms with Crippen LogP contribution in [0.3, 0.4) is 0 Å². The van der Waals surface area contributed by atoms with Crippen LogP contribution < -0.4 is 9.62 Å². The fraction of sp³-hybridized carbons (Fsp3) is 0.333. The van der Waals surface area contributed by atoms with E-state index in [1.165, 1.54) is 10.7 Å². The molecule has 1 N–H and O–H groups in total. The van der Waals surface area contributed by atoms with Crippen LogP contribution >= 0.6 is 0 Å². The molecule has 0 radical (unpaired) electrons. The summed E-state index contributed by atoms with van der Waals surface area (Å²) in [7, 11) is -3.71. The molecule has 0 spiro atoms. The van der Waals surface area contributed by atoms with Gasteiger partial charge in [-0.1, -0.05) is 104 Å². The van der Waals surface area contributed by atoms with E-state index in [0.29, 0.717) is 30.0 Å².